The summed E-state index contributed by atoms with van der Waals surface area (Å²) >= 11 is 0. The molecule has 0 unspecified atom stereocenters. The minimum atomic E-state index is -2.25. The number of H-pyrrole nitrogens is 1. The van der Waals surface area contributed by atoms with Crippen LogP contribution in [0.2, 0.25) is 18.1 Å². The van der Waals surface area contributed by atoms with E-state index >= 15 is 0 Å². The fraction of sp³-hybridized carbons (Fsp3) is 0.431. The van der Waals surface area contributed by atoms with E-state index in [1.807, 2.05) is 87.5 Å². The number of hydrogen-bond donors (Lipinski definition) is 6. The summed E-state index contributed by atoms with van der Waals surface area (Å²) in [6.07, 6.45) is 3.53. The van der Waals surface area contributed by atoms with Gasteiger partial charge in [-0.1, -0.05) is 69.3 Å². The highest BCUT2D eigenvalue weighted by Crippen LogP contribution is 2.41. The molecule has 0 aliphatic heterocycles. The number of carbonyl (C=O) groups is 3. The van der Waals surface area contributed by atoms with Gasteiger partial charge in [-0.05, 0) is 124 Å². The Hall–Kier alpha value is -6.03. The molecule has 3 aromatic carbocycles. The number of alkyl carbamates (subject to hydrolysis) is 1. The van der Waals surface area contributed by atoms with Gasteiger partial charge in [0, 0.05) is 48.6 Å². The van der Waals surface area contributed by atoms with Gasteiger partial charge in [0.05, 0.1) is 34.9 Å². The Morgan fingerprint density at radius 2 is 1.65 bits per heavy atom. The van der Waals surface area contributed by atoms with Crippen LogP contribution < -0.4 is 26.4 Å². The molecule has 6 N–H and O–H groups in total. The number of aromatic hydroxyl groups is 1. The largest absolute Gasteiger partial charge is 0.506 e. The predicted molar refractivity (Wildman–Crippen MR) is 263 cm³/mol. The SMILES string of the molecule is CC(C)(C)OC(=O)NC1CCC(N(C(=O)O)c2cc(CCCC(=O)Nc3ccc(CNC[C@H](O[Si](C)(C)C(C)(C)C)c4ccc(O)c5[nH]c(=O)ccc45)nc3)ccc2-c2ccccc2)CC1. The second-order valence-corrected chi connectivity index (χ2v) is 24.5. The zero-order valence-corrected chi connectivity index (χ0v) is 40.5. The van der Waals surface area contributed by atoms with Gasteiger partial charge in [-0.2, -0.15) is 0 Å². The minimum absolute atomic E-state index is 0.00297. The summed E-state index contributed by atoms with van der Waals surface area (Å²) < 4.78 is 12.4. The number of aromatic nitrogens is 2. The lowest BCUT2D eigenvalue weighted by Gasteiger charge is -2.39. The molecule has 0 radical (unpaired) electrons. The fourth-order valence-corrected chi connectivity index (χ4v) is 9.38. The van der Waals surface area contributed by atoms with Crippen LogP contribution in [0.5, 0.6) is 5.75 Å². The van der Waals surface area contributed by atoms with Crippen LogP contribution >= 0.6 is 0 Å². The van der Waals surface area contributed by atoms with Gasteiger partial charge in [-0.15, -0.1) is 0 Å². The van der Waals surface area contributed by atoms with Crippen LogP contribution in [0, 0.1) is 0 Å². The van der Waals surface area contributed by atoms with E-state index in [4.69, 9.17) is 9.16 Å². The maximum Gasteiger partial charge on any atom is 0.412 e. The van der Waals surface area contributed by atoms with Crippen molar-refractivity contribution in [2.45, 2.75) is 135 Å². The van der Waals surface area contributed by atoms with Crippen molar-refractivity contribution in [3.63, 3.8) is 0 Å². The number of phenols is 1. The van der Waals surface area contributed by atoms with Crippen molar-refractivity contribution >= 4 is 48.7 Å². The third kappa shape index (κ3) is 13.1. The molecule has 5 aromatic rings. The molecule has 352 valence electrons. The number of amides is 3. The van der Waals surface area contributed by atoms with Crippen LogP contribution in [0.25, 0.3) is 22.0 Å². The number of aryl methyl sites for hydroxylation is 1. The third-order valence-corrected chi connectivity index (χ3v) is 17.0. The van der Waals surface area contributed by atoms with Crippen LogP contribution in [0.3, 0.4) is 0 Å². The second-order valence-electron chi connectivity index (χ2n) is 19.7. The summed E-state index contributed by atoms with van der Waals surface area (Å²) in [5, 5.41) is 31.3. The Kier molecular flexibility index (Phi) is 15.8. The van der Waals surface area contributed by atoms with Gasteiger partial charge in [0.2, 0.25) is 11.5 Å². The normalized spacial score (nSPS) is 16.1. The Morgan fingerprint density at radius 1 is 0.924 bits per heavy atom. The Morgan fingerprint density at radius 3 is 2.30 bits per heavy atom. The number of nitrogens with zero attached hydrogens (tertiary/aromatic N) is 2. The van der Waals surface area contributed by atoms with Crippen molar-refractivity contribution in [2.75, 3.05) is 16.8 Å². The first-order chi connectivity index (χ1) is 31.2. The molecule has 3 amide bonds. The maximum atomic E-state index is 13.1. The summed E-state index contributed by atoms with van der Waals surface area (Å²) in [7, 11) is -2.25. The van der Waals surface area contributed by atoms with Crippen molar-refractivity contribution in [1.82, 2.24) is 20.6 Å². The molecule has 0 spiro atoms. The number of nitrogens with one attached hydrogen (secondary N) is 4. The maximum absolute atomic E-state index is 13.1. The first kappa shape index (κ1) is 49.4. The second kappa shape index (κ2) is 21.1. The molecule has 0 saturated heterocycles. The molecule has 15 heteroatoms. The lowest BCUT2D eigenvalue weighted by atomic mass is 9.89. The summed E-state index contributed by atoms with van der Waals surface area (Å²) in [5.74, 6) is -0.155. The van der Waals surface area contributed by atoms with Gasteiger partial charge in [0.15, 0.2) is 8.32 Å². The van der Waals surface area contributed by atoms with Gasteiger partial charge in [-0.3, -0.25) is 19.5 Å². The number of hydrogen-bond acceptors (Lipinski definition) is 9. The molecule has 1 aliphatic rings. The first-order valence-electron chi connectivity index (χ1n) is 22.9. The van der Waals surface area contributed by atoms with E-state index in [1.54, 1.807) is 18.3 Å². The topological polar surface area (TPSA) is 195 Å². The molecule has 66 heavy (non-hydrogen) atoms. The highest BCUT2D eigenvalue weighted by Gasteiger charge is 2.40. The van der Waals surface area contributed by atoms with Crippen molar-refractivity contribution in [1.29, 1.82) is 0 Å². The smallest absolute Gasteiger partial charge is 0.412 e. The molecule has 1 aliphatic carbocycles. The van der Waals surface area contributed by atoms with E-state index in [1.165, 1.54) is 11.0 Å². The molecule has 6 rings (SSSR count). The molecule has 1 fully saturated rings. The average molecular weight is 919 g/mol. The summed E-state index contributed by atoms with van der Waals surface area (Å²) in [4.78, 5) is 59.6. The van der Waals surface area contributed by atoms with Crippen LogP contribution in [-0.2, 0) is 26.9 Å². The van der Waals surface area contributed by atoms with Gasteiger partial charge < -0.3 is 40.3 Å². The Labute approximate surface area is 388 Å². The van der Waals surface area contributed by atoms with E-state index in [9.17, 15) is 29.4 Å². The zero-order valence-electron chi connectivity index (χ0n) is 39.5. The molecule has 14 nitrogen and oxygen atoms in total. The van der Waals surface area contributed by atoms with Crippen LogP contribution in [0.4, 0.5) is 21.0 Å². The number of ether oxygens (including phenoxy) is 1. The van der Waals surface area contributed by atoms with Crippen LogP contribution in [0.15, 0.2) is 95.9 Å². The molecular formula is C51H66N6O8Si. The van der Waals surface area contributed by atoms with E-state index in [-0.39, 0.29) is 46.9 Å². The number of fused-ring (bicyclic) bond motifs is 1. The van der Waals surface area contributed by atoms with E-state index in [0.717, 1.165) is 33.3 Å². The number of carbonyl (C=O) groups excluding carboxylic acids is 2. The van der Waals surface area contributed by atoms with Crippen molar-refractivity contribution in [3.05, 3.63) is 118 Å². The van der Waals surface area contributed by atoms with Gasteiger partial charge >= 0.3 is 12.2 Å². The fourth-order valence-electron chi connectivity index (χ4n) is 8.10. The van der Waals surface area contributed by atoms with Crippen molar-refractivity contribution in [3.8, 4) is 16.9 Å². The van der Waals surface area contributed by atoms with E-state index < -0.39 is 26.1 Å². The predicted octanol–water partition coefficient (Wildman–Crippen LogP) is 10.4. The van der Waals surface area contributed by atoms with Gasteiger partial charge in [0.1, 0.15) is 11.4 Å². The number of pyridine rings is 2. The third-order valence-electron chi connectivity index (χ3n) is 12.5. The van der Waals surface area contributed by atoms with E-state index in [0.29, 0.717) is 68.5 Å². The standard InChI is InChI=1S/C51H66N6O8Si/c1-50(2,3)64-48(61)55-35-20-22-38(23-21-35)57(49(62)63)42-29-33(17-24-39(42)34-14-10-9-11-15-34)13-12-16-45(59)54-37-19-18-36(53-31-37)30-52-32-44(65-66(7,8)51(4,5)6)40-25-27-43(58)47-41(40)26-28-46(60)56-47/h9-11,14-15,17-19,24-29,31,35,38,44,52,58H,12-13,16,20-23,30,32H2,1-8H3,(H,54,59)(H,55,61)(H,56,60)(H,62,63)/t35?,38?,44-/m0/s1. The van der Waals surface area contributed by atoms with Crippen molar-refractivity contribution < 1.29 is 33.8 Å². The number of anilines is 2. The molecule has 1 saturated carbocycles. The molecular weight excluding hydrogens is 853 g/mol. The van der Waals surface area contributed by atoms with Crippen LogP contribution in [-0.4, -0.2) is 70.8 Å². The highest BCUT2D eigenvalue weighted by molar-refractivity contribution is 6.74. The summed E-state index contributed by atoms with van der Waals surface area (Å²) in [5.41, 5.74) is 4.92. The van der Waals surface area contributed by atoms with E-state index in [2.05, 4.69) is 59.8 Å². The molecule has 2 heterocycles. The molecule has 0 bridgehead atoms. The number of benzene rings is 3. The average Bonchev–Trinajstić information content (AvgIpc) is 3.24. The van der Waals surface area contributed by atoms with Crippen LogP contribution in [0.1, 0.15) is 103 Å². The quantitative estimate of drug-likeness (QED) is 0.0519. The number of phenolic OH excluding ortho intramolecular Hbond substituents is 1. The number of carboxylic acid groups (broad SMARTS) is 1. The minimum Gasteiger partial charge on any atom is -0.506 e. The molecule has 2 aromatic heterocycles. The molecule has 1 atom stereocenters. The lowest BCUT2D eigenvalue weighted by molar-refractivity contribution is -0.116. The zero-order chi connectivity index (χ0) is 47.8. The summed E-state index contributed by atoms with van der Waals surface area (Å²) in [6.45, 7) is 17.3. The van der Waals surface area contributed by atoms with Crippen molar-refractivity contribution in [2.24, 2.45) is 0 Å². The number of aromatic amines is 1. The Balaban J connectivity index is 1.06. The Bertz CT molecular complexity index is 2530. The number of rotatable bonds is 16. The monoisotopic (exact) mass is 918 g/mol. The van der Waals surface area contributed by atoms with Gasteiger partial charge in [-0.25, -0.2) is 9.59 Å². The first-order valence-corrected chi connectivity index (χ1v) is 25.8. The summed E-state index contributed by atoms with van der Waals surface area (Å²) in [6, 6.07) is 25.5. The highest BCUT2D eigenvalue weighted by atomic mass is 28.4. The lowest BCUT2D eigenvalue weighted by Crippen LogP contribution is -2.47. The van der Waals surface area contributed by atoms with Gasteiger partial charge in [0.25, 0.3) is 0 Å².